The van der Waals surface area contributed by atoms with E-state index < -0.39 is 5.60 Å². The Balaban J connectivity index is 1.30. The highest BCUT2D eigenvalue weighted by Crippen LogP contribution is 2.62. The van der Waals surface area contributed by atoms with Gasteiger partial charge in [-0.2, -0.15) is 0 Å². The molecule has 0 spiro atoms. The van der Waals surface area contributed by atoms with Gasteiger partial charge in [-0.15, -0.1) is 0 Å². The zero-order valence-electron chi connectivity index (χ0n) is 14.4. The van der Waals surface area contributed by atoms with Gasteiger partial charge in [-0.25, -0.2) is 0 Å². The van der Waals surface area contributed by atoms with Crippen LogP contribution in [0, 0.1) is 17.3 Å². The van der Waals surface area contributed by atoms with Gasteiger partial charge in [-0.3, -0.25) is 9.59 Å². The first-order valence-corrected chi connectivity index (χ1v) is 9.17. The van der Waals surface area contributed by atoms with Crippen LogP contribution in [0.1, 0.15) is 44.9 Å². The monoisotopic (exact) mass is 343 g/mol. The normalized spacial score (nSPS) is 35.4. The van der Waals surface area contributed by atoms with Crippen LogP contribution in [-0.4, -0.2) is 29.2 Å². The molecule has 134 valence electrons. The molecule has 4 aliphatic carbocycles. The molecule has 4 saturated carbocycles. The Morgan fingerprint density at radius 3 is 2.44 bits per heavy atom. The maximum Gasteiger partial charge on any atom is 0.306 e. The highest BCUT2D eigenvalue weighted by molar-refractivity contribution is 5.92. The van der Waals surface area contributed by atoms with E-state index in [4.69, 9.17) is 4.74 Å². The van der Waals surface area contributed by atoms with Gasteiger partial charge in [0.15, 0.2) is 6.61 Å². The van der Waals surface area contributed by atoms with Crippen LogP contribution >= 0.6 is 0 Å². The van der Waals surface area contributed by atoms with E-state index in [1.807, 2.05) is 18.2 Å². The fraction of sp³-hybridized carbons (Fsp3) is 0.600. The van der Waals surface area contributed by atoms with Crippen LogP contribution in [0.25, 0.3) is 0 Å². The summed E-state index contributed by atoms with van der Waals surface area (Å²) in [6.07, 6.45) is 6.02. The molecule has 0 radical (unpaired) electrons. The Morgan fingerprint density at radius 2 is 1.80 bits per heavy atom. The molecule has 2 N–H and O–H groups in total. The maximum absolute atomic E-state index is 12.3. The minimum atomic E-state index is -0.574. The van der Waals surface area contributed by atoms with Crippen molar-refractivity contribution in [3.8, 4) is 0 Å². The topological polar surface area (TPSA) is 75.6 Å². The molecule has 0 saturated heterocycles. The molecule has 4 aliphatic rings. The van der Waals surface area contributed by atoms with Gasteiger partial charge >= 0.3 is 5.97 Å². The van der Waals surface area contributed by atoms with E-state index in [-0.39, 0.29) is 23.9 Å². The summed E-state index contributed by atoms with van der Waals surface area (Å²) >= 11 is 0. The quantitative estimate of drug-likeness (QED) is 0.806. The number of anilines is 1. The molecule has 4 atom stereocenters. The first-order valence-electron chi connectivity index (χ1n) is 9.17. The standard InChI is InChI=1S/C20H25NO4/c22-17(21-16-4-2-1-3-5-16)12-25-18(23)11-19-7-14-6-15(8-19)10-20(24,9-14)13-19/h1-5,14-15,24H,6-13H2,(H,21,22)/t14-,15+,19?,20?. The Hall–Kier alpha value is -1.88. The van der Waals surface area contributed by atoms with Crippen LogP contribution in [0.4, 0.5) is 5.69 Å². The molecular weight excluding hydrogens is 318 g/mol. The number of hydrogen-bond acceptors (Lipinski definition) is 4. The summed E-state index contributed by atoms with van der Waals surface area (Å²) in [5, 5.41) is 13.5. The van der Waals surface area contributed by atoms with Gasteiger partial charge in [0.1, 0.15) is 0 Å². The predicted octanol–water partition coefficient (Wildman–Crippen LogP) is 2.89. The number of nitrogens with one attached hydrogen (secondary N) is 1. The molecular formula is C20H25NO4. The summed E-state index contributed by atoms with van der Waals surface area (Å²) in [5.41, 5.74) is -0.00668. The lowest BCUT2D eigenvalue weighted by Crippen LogP contribution is -2.56. The number of esters is 1. The van der Waals surface area contributed by atoms with Gasteiger partial charge < -0.3 is 15.2 Å². The number of aliphatic hydroxyl groups is 1. The van der Waals surface area contributed by atoms with E-state index in [2.05, 4.69) is 5.32 Å². The lowest BCUT2D eigenvalue weighted by atomic mass is 9.47. The maximum atomic E-state index is 12.3. The van der Waals surface area contributed by atoms with Crippen molar-refractivity contribution < 1.29 is 19.4 Å². The lowest BCUT2D eigenvalue weighted by Gasteiger charge is -2.60. The Bertz CT molecular complexity index is 658. The van der Waals surface area contributed by atoms with Crippen molar-refractivity contribution >= 4 is 17.6 Å². The fourth-order valence-corrected chi connectivity index (χ4v) is 5.83. The van der Waals surface area contributed by atoms with Crippen molar-refractivity contribution in [1.82, 2.24) is 0 Å². The summed E-state index contributed by atoms with van der Waals surface area (Å²) in [6, 6.07) is 9.11. The Labute approximate surface area is 147 Å². The SMILES string of the molecule is O=C(COC(=O)CC12C[C@@H]3C[C@@H](CC(O)(C3)C1)C2)Nc1ccccc1. The number of benzene rings is 1. The van der Waals surface area contributed by atoms with Crippen LogP contribution in [0.5, 0.6) is 0 Å². The van der Waals surface area contributed by atoms with E-state index in [1.165, 1.54) is 6.42 Å². The molecule has 1 amide bonds. The van der Waals surface area contributed by atoms with Crippen molar-refractivity contribution in [3.63, 3.8) is 0 Å². The zero-order valence-corrected chi connectivity index (χ0v) is 14.4. The predicted molar refractivity (Wildman–Crippen MR) is 92.7 cm³/mol. The molecule has 4 bridgehead atoms. The smallest absolute Gasteiger partial charge is 0.306 e. The van der Waals surface area contributed by atoms with Crippen LogP contribution in [0.3, 0.4) is 0 Å². The second-order valence-electron chi connectivity index (χ2n) is 8.44. The summed E-state index contributed by atoms with van der Waals surface area (Å²) in [4.78, 5) is 24.2. The van der Waals surface area contributed by atoms with Gasteiger partial charge in [0.05, 0.1) is 12.0 Å². The molecule has 0 aliphatic heterocycles. The van der Waals surface area contributed by atoms with Gasteiger partial charge in [-0.1, -0.05) is 18.2 Å². The van der Waals surface area contributed by atoms with Crippen molar-refractivity contribution in [3.05, 3.63) is 30.3 Å². The number of rotatable bonds is 5. The van der Waals surface area contributed by atoms with E-state index in [1.54, 1.807) is 12.1 Å². The van der Waals surface area contributed by atoms with Crippen molar-refractivity contribution in [2.24, 2.45) is 17.3 Å². The molecule has 2 unspecified atom stereocenters. The Morgan fingerprint density at radius 1 is 1.12 bits per heavy atom. The first-order chi connectivity index (χ1) is 11.9. The minimum Gasteiger partial charge on any atom is -0.456 e. The molecule has 5 rings (SSSR count). The number of para-hydroxylation sites is 1. The van der Waals surface area contributed by atoms with Crippen molar-refractivity contribution in [2.75, 3.05) is 11.9 Å². The largest absolute Gasteiger partial charge is 0.456 e. The van der Waals surface area contributed by atoms with Crippen LogP contribution in [0.15, 0.2) is 30.3 Å². The highest BCUT2D eigenvalue weighted by atomic mass is 16.5. The van der Waals surface area contributed by atoms with Crippen LogP contribution in [-0.2, 0) is 14.3 Å². The third-order valence-electron chi connectivity index (χ3n) is 6.09. The lowest BCUT2D eigenvalue weighted by molar-refractivity contribution is -0.177. The fourth-order valence-electron chi connectivity index (χ4n) is 5.83. The molecule has 1 aromatic rings. The number of amides is 1. The molecule has 1 aromatic carbocycles. The van der Waals surface area contributed by atoms with Crippen molar-refractivity contribution in [1.29, 1.82) is 0 Å². The molecule has 0 heterocycles. The molecule has 4 fully saturated rings. The number of carbonyl (C=O) groups excluding carboxylic acids is 2. The molecule has 0 aromatic heterocycles. The zero-order chi connectivity index (χ0) is 17.5. The summed E-state index contributed by atoms with van der Waals surface area (Å²) < 4.78 is 5.22. The third-order valence-corrected chi connectivity index (χ3v) is 6.09. The van der Waals surface area contributed by atoms with E-state index in [0.717, 1.165) is 25.7 Å². The second-order valence-corrected chi connectivity index (χ2v) is 8.44. The molecule has 5 nitrogen and oxygen atoms in total. The van der Waals surface area contributed by atoms with E-state index >= 15 is 0 Å². The van der Waals surface area contributed by atoms with E-state index in [0.29, 0.717) is 30.4 Å². The second kappa shape index (κ2) is 6.13. The van der Waals surface area contributed by atoms with Crippen LogP contribution < -0.4 is 5.32 Å². The highest BCUT2D eigenvalue weighted by Gasteiger charge is 2.57. The minimum absolute atomic E-state index is 0.119. The van der Waals surface area contributed by atoms with Gasteiger partial charge in [0, 0.05) is 5.69 Å². The molecule has 25 heavy (non-hydrogen) atoms. The number of carbonyl (C=O) groups is 2. The van der Waals surface area contributed by atoms with Gasteiger partial charge in [-0.05, 0) is 67.9 Å². The van der Waals surface area contributed by atoms with Gasteiger partial charge in [0.25, 0.3) is 5.91 Å². The van der Waals surface area contributed by atoms with Crippen LogP contribution in [0.2, 0.25) is 0 Å². The summed E-state index contributed by atoms with van der Waals surface area (Å²) in [6.45, 7) is -0.263. The number of ether oxygens (including phenoxy) is 1. The average molecular weight is 343 g/mol. The molecule has 5 heteroatoms. The number of hydrogen-bond donors (Lipinski definition) is 2. The Kier molecular flexibility index (Phi) is 4.07. The van der Waals surface area contributed by atoms with Crippen molar-refractivity contribution in [2.45, 2.75) is 50.5 Å². The third kappa shape index (κ3) is 3.56. The van der Waals surface area contributed by atoms with Gasteiger partial charge in [0.2, 0.25) is 0 Å². The van der Waals surface area contributed by atoms with E-state index in [9.17, 15) is 14.7 Å². The summed E-state index contributed by atoms with van der Waals surface area (Å²) in [5.74, 6) is 0.429. The average Bonchev–Trinajstić information content (AvgIpc) is 2.51. The summed E-state index contributed by atoms with van der Waals surface area (Å²) in [7, 11) is 0. The first kappa shape index (κ1) is 16.6.